The fraction of sp³-hybridized carbons (Fsp3) is 0.385. The summed E-state index contributed by atoms with van der Waals surface area (Å²) in [7, 11) is 0. The smallest absolute Gasteiger partial charge is 0.179 e. The Morgan fingerprint density at radius 1 is 1.03 bits per heavy atom. The van der Waals surface area contributed by atoms with Gasteiger partial charge in [0, 0.05) is 19.3 Å². The highest BCUT2D eigenvalue weighted by Gasteiger charge is 2.42. The van der Waals surface area contributed by atoms with Crippen molar-refractivity contribution in [3.8, 4) is 5.75 Å². The molecule has 0 spiro atoms. The van der Waals surface area contributed by atoms with Crippen molar-refractivity contribution in [1.29, 1.82) is 0 Å². The van der Waals surface area contributed by atoms with Crippen LogP contribution < -0.4 is 4.74 Å². The van der Waals surface area contributed by atoms with Gasteiger partial charge in [-0.05, 0) is 49.3 Å². The van der Waals surface area contributed by atoms with Crippen LogP contribution in [0.5, 0.6) is 5.75 Å². The zero-order chi connectivity index (χ0) is 21.2. The maximum atomic E-state index is 12.8. The van der Waals surface area contributed by atoms with Gasteiger partial charge in [-0.15, -0.1) is 0 Å². The number of hydrogen-bond donors (Lipinski definition) is 0. The molecule has 5 heteroatoms. The first kappa shape index (κ1) is 20.0. The number of aryl methyl sites for hydroxylation is 1. The fourth-order valence-electron chi connectivity index (χ4n) is 5.04. The molecular formula is C26H29N3O2. The number of benzene rings is 2. The van der Waals surface area contributed by atoms with E-state index in [0.717, 1.165) is 31.7 Å². The van der Waals surface area contributed by atoms with Crippen LogP contribution in [0, 0.1) is 18.8 Å². The van der Waals surface area contributed by atoms with Crippen molar-refractivity contribution in [1.82, 2.24) is 14.7 Å². The minimum atomic E-state index is 0.159. The summed E-state index contributed by atoms with van der Waals surface area (Å²) < 4.78 is 8.05. The normalized spacial score (nSPS) is 23.1. The molecule has 1 saturated carbocycles. The molecule has 2 aromatic carbocycles. The fourth-order valence-corrected chi connectivity index (χ4v) is 5.04. The second-order valence-corrected chi connectivity index (χ2v) is 9.07. The number of ketones is 1. The van der Waals surface area contributed by atoms with E-state index in [1.165, 1.54) is 11.1 Å². The third-order valence-electron chi connectivity index (χ3n) is 6.62. The lowest BCUT2D eigenvalue weighted by Gasteiger charge is -2.19. The number of nitrogens with zero attached hydrogens (tertiary/aromatic N) is 3. The molecule has 0 bridgehead atoms. The molecule has 0 unspecified atom stereocenters. The molecule has 2 fully saturated rings. The number of rotatable bonds is 7. The summed E-state index contributed by atoms with van der Waals surface area (Å²) in [6.45, 7) is 5.23. The van der Waals surface area contributed by atoms with Crippen LogP contribution >= 0.6 is 0 Å². The summed E-state index contributed by atoms with van der Waals surface area (Å²) >= 11 is 0. The molecule has 5 nitrogen and oxygen atoms in total. The minimum Gasteiger partial charge on any atom is -0.490 e. The van der Waals surface area contributed by atoms with Crippen molar-refractivity contribution in [2.24, 2.45) is 11.8 Å². The van der Waals surface area contributed by atoms with Crippen LogP contribution in [0.3, 0.4) is 0 Å². The van der Waals surface area contributed by atoms with Crippen molar-refractivity contribution >= 4 is 5.78 Å². The van der Waals surface area contributed by atoms with Crippen LogP contribution in [0.15, 0.2) is 67.0 Å². The molecule has 0 amide bonds. The SMILES string of the molecule is Cc1ccc(O[C@H]2C[C@@H]3CN(CC(=O)c4cnn(Cc5ccccc5)c4)C[C@@H]3C2)cc1. The number of carbonyl (C=O) groups excluding carboxylic acids is 1. The van der Waals surface area contributed by atoms with Gasteiger partial charge in [-0.25, -0.2) is 0 Å². The first-order chi connectivity index (χ1) is 15.1. The predicted octanol–water partition coefficient (Wildman–Crippen LogP) is 4.21. The van der Waals surface area contributed by atoms with Crippen molar-refractivity contribution in [2.75, 3.05) is 19.6 Å². The van der Waals surface area contributed by atoms with E-state index in [2.05, 4.69) is 53.3 Å². The molecule has 31 heavy (non-hydrogen) atoms. The van der Waals surface area contributed by atoms with E-state index in [1.807, 2.05) is 29.1 Å². The molecule has 2 heterocycles. The van der Waals surface area contributed by atoms with Gasteiger partial charge < -0.3 is 4.74 Å². The molecule has 3 aromatic rings. The van der Waals surface area contributed by atoms with Gasteiger partial charge in [0.2, 0.25) is 0 Å². The van der Waals surface area contributed by atoms with E-state index in [4.69, 9.17) is 4.74 Å². The highest BCUT2D eigenvalue weighted by atomic mass is 16.5. The largest absolute Gasteiger partial charge is 0.490 e. The van der Waals surface area contributed by atoms with Gasteiger partial charge in [0.05, 0.1) is 31.0 Å². The van der Waals surface area contributed by atoms with E-state index >= 15 is 0 Å². The Hall–Kier alpha value is -2.92. The Labute approximate surface area is 183 Å². The number of hydrogen-bond acceptors (Lipinski definition) is 4. The third kappa shape index (κ3) is 4.72. The summed E-state index contributed by atoms with van der Waals surface area (Å²) in [5.41, 5.74) is 3.13. The van der Waals surface area contributed by atoms with Crippen molar-refractivity contribution < 1.29 is 9.53 Å². The van der Waals surface area contributed by atoms with Gasteiger partial charge in [-0.1, -0.05) is 48.0 Å². The van der Waals surface area contributed by atoms with E-state index in [1.54, 1.807) is 6.20 Å². The molecule has 0 radical (unpaired) electrons. The maximum Gasteiger partial charge on any atom is 0.179 e. The number of Topliss-reactive ketones (excluding diaryl/α,β-unsaturated/α-hetero) is 1. The highest BCUT2D eigenvalue weighted by molar-refractivity contribution is 5.97. The first-order valence-electron chi connectivity index (χ1n) is 11.2. The first-order valence-corrected chi connectivity index (χ1v) is 11.2. The van der Waals surface area contributed by atoms with E-state index in [0.29, 0.717) is 36.6 Å². The van der Waals surface area contributed by atoms with Crippen LogP contribution in [-0.2, 0) is 6.54 Å². The van der Waals surface area contributed by atoms with Gasteiger partial charge in [-0.3, -0.25) is 14.4 Å². The Morgan fingerprint density at radius 2 is 1.74 bits per heavy atom. The van der Waals surface area contributed by atoms with Crippen LogP contribution in [0.1, 0.15) is 34.3 Å². The van der Waals surface area contributed by atoms with Crippen LogP contribution in [-0.4, -0.2) is 46.2 Å². The Morgan fingerprint density at radius 3 is 2.45 bits per heavy atom. The van der Waals surface area contributed by atoms with Gasteiger partial charge in [0.25, 0.3) is 0 Å². The average molecular weight is 416 g/mol. The lowest BCUT2D eigenvalue weighted by Crippen LogP contribution is -2.29. The van der Waals surface area contributed by atoms with Gasteiger partial charge >= 0.3 is 0 Å². The molecule has 160 valence electrons. The molecule has 0 N–H and O–H groups in total. The molecule has 5 rings (SSSR count). The van der Waals surface area contributed by atoms with Crippen LogP contribution in [0.4, 0.5) is 0 Å². The van der Waals surface area contributed by atoms with Gasteiger partial charge in [0.1, 0.15) is 5.75 Å². The quantitative estimate of drug-likeness (QED) is 0.543. The minimum absolute atomic E-state index is 0.159. The summed E-state index contributed by atoms with van der Waals surface area (Å²) in [6.07, 6.45) is 6.04. The number of carbonyl (C=O) groups is 1. The van der Waals surface area contributed by atoms with E-state index in [-0.39, 0.29) is 5.78 Å². The molecule has 1 saturated heterocycles. The lowest BCUT2D eigenvalue weighted by atomic mass is 10.0. The average Bonchev–Trinajstić information content (AvgIpc) is 3.46. The summed E-state index contributed by atoms with van der Waals surface area (Å²) in [4.78, 5) is 15.1. The van der Waals surface area contributed by atoms with Crippen LogP contribution in [0.25, 0.3) is 0 Å². The summed E-state index contributed by atoms with van der Waals surface area (Å²) in [5.74, 6) is 2.38. The number of likely N-dealkylation sites (tertiary alicyclic amines) is 1. The van der Waals surface area contributed by atoms with Crippen molar-refractivity contribution in [2.45, 2.75) is 32.4 Å². The molecular weight excluding hydrogens is 386 g/mol. The van der Waals surface area contributed by atoms with Crippen molar-refractivity contribution in [3.05, 3.63) is 83.7 Å². The van der Waals surface area contributed by atoms with Crippen LogP contribution in [0.2, 0.25) is 0 Å². The number of ether oxygens (including phenoxy) is 1. The summed E-state index contributed by atoms with van der Waals surface area (Å²) in [5, 5.41) is 4.38. The van der Waals surface area contributed by atoms with Gasteiger partial charge in [0.15, 0.2) is 5.78 Å². The standard InChI is InChI=1S/C26H29N3O2/c1-19-7-9-24(10-8-19)31-25-11-21-15-28(16-22(21)12-25)18-26(30)23-13-27-29(17-23)14-20-5-3-2-4-6-20/h2-10,13,17,21-22,25H,11-12,14-16,18H2,1H3/t21-,22+,25+. The monoisotopic (exact) mass is 415 g/mol. The molecule has 1 aromatic heterocycles. The second kappa shape index (κ2) is 8.67. The zero-order valence-corrected chi connectivity index (χ0v) is 18.0. The Balaban J connectivity index is 1.11. The van der Waals surface area contributed by atoms with Gasteiger partial charge in [-0.2, -0.15) is 5.10 Å². The predicted molar refractivity (Wildman–Crippen MR) is 120 cm³/mol. The molecule has 1 aliphatic heterocycles. The molecule has 3 atom stereocenters. The third-order valence-corrected chi connectivity index (χ3v) is 6.62. The Bertz CT molecular complexity index is 1010. The second-order valence-electron chi connectivity index (χ2n) is 9.07. The number of aromatic nitrogens is 2. The lowest BCUT2D eigenvalue weighted by molar-refractivity contribution is 0.0936. The van der Waals surface area contributed by atoms with E-state index in [9.17, 15) is 4.79 Å². The Kier molecular flexibility index (Phi) is 5.60. The molecule has 2 aliphatic rings. The topological polar surface area (TPSA) is 47.4 Å². The zero-order valence-electron chi connectivity index (χ0n) is 18.0. The van der Waals surface area contributed by atoms with E-state index < -0.39 is 0 Å². The number of fused-ring (bicyclic) bond motifs is 1. The highest BCUT2D eigenvalue weighted by Crippen LogP contribution is 2.39. The maximum absolute atomic E-state index is 12.8. The molecule has 1 aliphatic carbocycles. The van der Waals surface area contributed by atoms with Crippen molar-refractivity contribution in [3.63, 3.8) is 0 Å². The summed E-state index contributed by atoms with van der Waals surface area (Å²) in [6, 6.07) is 18.5.